The highest BCUT2D eigenvalue weighted by atomic mass is 32.1. The van der Waals surface area contributed by atoms with Gasteiger partial charge in [-0.05, 0) is 73.2 Å². The Balaban J connectivity index is 1.53. The number of carbonyl (C=O) groups is 2. The Morgan fingerprint density at radius 3 is 2.51 bits per heavy atom. The molecule has 7 heteroatoms. The second-order valence-electron chi connectivity index (χ2n) is 8.69. The highest BCUT2D eigenvalue weighted by Gasteiger charge is 2.34. The largest absolute Gasteiger partial charge is 0.497 e. The minimum Gasteiger partial charge on any atom is -0.497 e. The summed E-state index contributed by atoms with van der Waals surface area (Å²) in [7, 11) is 1.59. The maximum Gasteiger partial charge on any atom is 0.254 e. The summed E-state index contributed by atoms with van der Waals surface area (Å²) < 4.78 is 11.3. The summed E-state index contributed by atoms with van der Waals surface area (Å²) in [6, 6.07) is 18.5. The first-order valence-electron chi connectivity index (χ1n) is 12.0. The van der Waals surface area contributed by atoms with Crippen LogP contribution >= 0.6 is 11.3 Å². The molecule has 3 aromatic rings. The Kier molecular flexibility index (Phi) is 8.08. The van der Waals surface area contributed by atoms with Gasteiger partial charge < -0.3 is 19.3 Å². The molecule has 0 aliphatic carbocycles. The van der Waals surface area contributed by atoms with Crippen molar-refractivity contribution in [1.82, 2.24) is 9.80 Å². The van der Waals surface area contributed by atoms with Crippen molar-refractivity contribution >= 4 is 23.2 Å². The van der Waals surface area contributed by atoms with Crippen LogP contribution in [-0.4, -0.2) is 54.5 Å². The van der Waals surface area contributed by atoms with Crippen LogP contribution in [0.3, 0.4) is 0 Å². The summed E-state index contributed by atoms with van der Waals surface area (Å²) in [6.07, 6.45) is 1.57. The molecule has 0 unspecified atom stereocenters. The van der Waals surface area contributed by atoms with E-state index in [2.05, 4.69) is 11.4 Å². The van der Waals surface area contributed by atoms with Crippen LogP contribution < -0.4 is 9.47 Å². The number of hydrogen-bond donors (Lipinski definition) is 0. The molecule has 0 fully saturated rings. The van der Waals surface area contributed by atoms with E-state index in [-0.39, 0.29) is 30.4 Å². The predicted molar refractivity (Wildman–Crippen MR) is 138 cm³/mol. The van der Waals surface area contributed by atoms with Gasteiger partial charge >= 0.3 is 0 Å². The SMILES string of the molecule is CC[C@H](C)N(CC(=O)N1CCc2sccc2[C@H]1COc1ccccc1)C(=O)c1ccc(OC)cc1. The Labute approximate surface area is 211 Å². The van der Waals surface area contributed by atoms with Gasteiger partial charge in [0, 0.05) is 23.0 Å². The van der Waals surface area contributed by atoms with Crippen molar-refractivity contribution in [3.8, 4) is 11.5 Å². The van der Waals surface area contributed by atoms with Gasteiger partial charge in [-0.2, -0.15) is 0 Å². The fourth-order valence-corrected chi connectivity index (χ4v) is 5.28. The molecule has 0 bridgehead atoms. The normalized spacial score (nSPS) is 15.7. The van der Waals surface area contributed by atoms with Crippen LogP contribution in [0.25, 0.3) is 0 Å². The summed E-state index contributed by atoms with van der Waals surface area (Å²) in [5.74, 6) is 1.25. The summed E-state index contributed by atoms with van der Waals surface area (Å²) in [5, 5.41) is 2.08. The summed E-state index contributed by atoms with van der Waals surface area (Å²) in [4.78, 5) is 31.9. The number of para-hydroxylation sites is 1. The fourth-order valence-electron chi connectivity index (χ4n) is 4.35. The van der Waals surface area contributed by atoms with Crippen molar-refractivity contribution in [1.29, 1.82) is 0 Å². The lowest BCUT2D eigenvalue weighted by atomic mass is 10.00. The van der Waals surface area contributed by atoms with Gasteiger partial charge in [0.2, 0.25) is 5.91 Å². The molecule has 184 valence electrons. The van der Waals surface area contributed by atoms with Crippen LogP contribution in [-0.2, 0) is 11.2 Å². The fraction of sp³-hybridized carbons (Fsp3) is 0.357. The van der Waals surface area contributed by atoms with E-state index >= 15 is 0 Å². The molecule has 0 saturated carbocycles. The molecule has 1 aromatic heterocycles. The zero-order valence-electron chi connectivity index (χ0n) is 20.5. The van der Waals surface area contributed by atoms with E-state index in [4.69, 9.17) is 9.47 Å². The average Bonchev–Trinajstić information content (AvgIpc) is 3.39. The Bertz CT molecular complexity index is 1130. The molecule has 1 aliphatic heterocycles. The molecule has 6 nitrogen and oxygen atoms in total. The number of fused-ring (bicyclic) bond motifs is 1. The number of thiophene rings is 1. The average molecular weight is 493 g/mol. The third kappa shape index (κ3) is 5.68. The third-order valence-electron chi connectivity index (χ3n) is 6.59. The molecule has 2 amide bonds. The number of ether oxygens (including phenoxy) is 2. The molecule has 35 heavy (non-hydrogen) atoms. The number of hydrogen-bond acceptors (Lipinski definition) is 5. The number of amides is 2. The molecule has 2 aromatic carbocycles. The Morgan fingerprint density at radius 1 is 1.09 bits per heavy atom. The van der Waals surface area contributed by atoms with Gasteiger partial charge in [-0.3, -0.25) is 9.59 Å². The van der Waals surface area contributed by atoms with Crippen molar-refractivity contribution in [2.45, 2.75) is 38.8 Å². The van der Waals surface area contributed by atoms with Crippen LogP contribution in [0, 0.1) is 0 Å². The number of benzene rings is 2. The first kappa shape index (κ1) is 24.8. The predicted octanol–water partition coefficient (Wildman–Crippen LogP) is 5.20. The van der Waals surface area contributed by atoms with Crippen molar-refractivity contribution in [3.63, 3.8) is 0 Å². The number of rotatable bonds is 9. The Morgan fingerprint density at radius 2 is 1.83 bits per heavy atom. The highest BCUT2D eigenvalue weighted by molar-refractivity contribution is 7.10. The standard InChI is InChI=1S/C28H32N2O4S/c1-4-20(2)30(28(32)21-10-12-22(33-3)13-11-21)18-27(31)29-16-14-26-24(15-17-35-26)25(29)19-34-23-8-6-5-7-9-23/h5-13,15,17,20,25H,4,14,16,18-19H2,1-3H3/t20-,25+/m0/s1. The molecule has 1 aliphatic rings. The van der Waals surface area contributed by atoms with Crippen LogP contribution in [0.2, 0.25) is 0 Å². The topological polar surface area (TPSA) is 59.1 Å². The van der Waals surface area contributed by atoms with Crippen LogP contribution in [0.5, 0.6) is 11.5 Å². The molecular formula is C28H32N2O4S. The van der Waals surface area contributed by atoms with E-state index in [0.29, 0.717) is 24.5 Å². The van der Waals surface area contributed by atoms with E-state index in [1.165, 1.54) is 4.88 Å². The van der Waals surface area contributed by atoms with Gasteiger partial charge in [-0.1, -0.05) is 25.1 Å². The van der Waals surface area contributed by atoms with Crippen molar-refractivity contribution in [2.75, 3.05) is 26.8 Å². The van der Waals surface area contributed by atoms with Gasteiger partial charge in [-0.15, -0.1) is 11.3 Å². The number of nitrogens with zero attached hydrogens (tertiary/aromatic N) is 2. The first-order chi connectivity index (χ1) is 17.0. The van der Waals surface area contributed by atoms with Crippen LogP contribution in [0.15, 0.2) is 66.0 Å². The maximum absolute atomic E-state index is 13.7. The van der Waals surface area contributed by atoms with E-state index in [9.17, 15) is 9.59 Å². The van der Waals surface area contributed by atoms with Crippen molar-refractivity contribution < 1.29 is 19.1 Å². The van der Waals surface area contributed by atoms with Crippen molar-refractivity contribution in [3.05, 3.63) is 82.0 Å². The number of methoxy groups -OCH3 is 1. The van der Waals surface area contributed by atoms with E-state index < -0.39 is 0 Å². The number of carbonyl (C=O) groups excluding carboxylic acids is 2. The third-order valence-corrected chi connectivity index (χ3v) is 7.59. The molecule has 0 radical (unpaired) electrons. The van der Waals surface area contributed by atoms with Crippen LogP contribution in [0.4, 0.5) is 0 Å². The quantitative estimate of drug-likeness (QED) is 0.412. The minimum atomic E-state index is -0.187. The van der Waals surface area contributed by atoms with Gasteiger partial charge in [0.1, 0.15) is 24.7 Å². The molecule has 2 heterocycles. The first-order valence-corrected chi connectivity index (χ1v) is 12.9. The second-order valence-corrected chi connectivity index (χ2v) is 9.70. The van der Waals surface area contributed by atoms with E-state index in [0.717, 1.165) is 24.2 Å². The monoisotopic (exact) mass is 492 g/mol. The lowest BCUT2D eigenvalue weighted by Crippen LogP contribution is -2.49. The van der Waals surface area contributed by atoms with Gasteiger partial charge in [0.05, 0.1) is 13.2 Å². The van der Waals surface area contributed by atoms with Gasteiger partial charge in [-0.25, -0.2) is 0 Å². The molecule has 0 N–H and O–H groups in total. The highest BCUT2D eigenvalue weighted by Crippen LogP contribution is 2.34. The Hall–Kier alpha value is -3.32. The molecule has 2 atom stereocenters. The molecule has 0 spiro atoms. The van der Waals surface area contributed by atoms with E-state index in [1.54, 1.807) is 47.6 Å². The van der Waals surface area contributed by atoms with Gasteiger partial charge in [0.15, 0.2) is 0 Å². The smallest absolute Gasteiger partial charge is 0.254 e. The maximum atomic E-state index is 13.7. The molecule has 0 saturated heterocycles. The van der Waals surface area contributed by atoms with Crippen molar-refractivity contribution in [2.24, 2.45) is 0 Å². The van der Waals surface area contributed by atoms with Gasteiger partial charge in [0.25, 0.3) is 5.91 Å². The lowest BCUT2D eigenvalue weighted by Gasteiger charge is -2.38. The summed E-state index contributed by atoms with van der Waals surface area (Å²) >= 11 is 1.72. The summed E-state index contributed by atoms with van der Waals surface area (Å²) in [5.41, 5.74) is 1.68. The van der Waals surface area contributed by atoms with E-state index in [1.807, 2.05) is 49.1 Å². The molecular weight excluding hydrogens is 460 g/mol. The zero-order chi connectivity index (χ0) is 24.8. The van der Waals surface area contributed by atoms with Crippen LogP contribution in [0.1, 0.15) is 47.1 Å². The molecule has 4 rings (SSSR count). The lowest BCUT2D eigenvalue weighted by molar-refractivity contribution is -0.136. The zero-order valence-corrected chi connectivity index (χ0v) is 21.3. The minimum absolute atomic E-state index is 0.0289. The summed E-state index contributed by atoms with van der Waals surface area (Å²) in [6.45, 7) is 5.02. The second kappa shape index (κ2) is 11.4.